The van der Waals surface area contributed by atoms with Crippen LogP contribution in [0.5, 0.6) is 17.2 Å². The van der Waals surface area contributed by atoms with Crippen LogP contribution >= 0.6 is 0 Å². The highest BCUT2D eigenvalue weighted by atomic mass is 19.1. The Kier molecular flexibility index (Phi) is 6.17. The first-order chi connectivity index (χ1) is 15.6. The molecule has 0 atom stereocenters. The van der Waals surface area contributed by atoms with E-state index in [9.17, 15) is 9.18 Å². The first kappa shape index (κ1) is 21.1. The number of anilines is 1. The number of amides is 1. The van der Waals surface area contributed by atoms with E-state index >= 15 is 0 Å². The van der Waals surface area contributed by atoms with Crippen molar-refractivity contribution in [2.45, 2.75) is 6.42 Å². The van der Waals surface area contributed by atoms with Gasteiger partial charge in [0.1, 0.15) is 11.6 Å². The number of carbonyl (C=O) groups excluding carboxylic acids is 1. The largest absolute Gasteiger partial charge is 0.493 e. The Morgan fingerprint density at radius 2 is 1.69 bits per heavy atom. The molecule has 0 aliphatic heterocycles. The van der Waals surface area contributed by atoms with Crippen molar-refractivity contribution in [2.24, 2.45) is 0 Å². The number of hydrogen-bond acceptors (Lipinski definition) is 5. The number of carbonyl (C=O) groups is 1. The second kappa shape index (κ2) is 9.34. The van der Waals surface area contributed by atoms with Crippen LogP contribution in [0.25, 0.3) is 10.9 Å². The summed E-state index contributed by atoms with van der Waals surface area (Å²) in [4.78, 5) is 16.4. The molecule has 1 N–H and O–H groups in total. The molecule has 0 radical (unpaired) electrons. The van der Waals surface area contributed by atoms with Crippen LogP contribution in [0.1, 0.15) is 11.1 Å². The van der Waals surface area contributed by atoms with Gasteiger partial charge in [0, 0.05) is 29.8 Å². The summed E-state index contributed by atoms with van der Waals surface area (Å²) in [6, 6.07) is 18.7. The minimum Gasteiger partial charge on any atom is -0.493 e. The summed E-state index contributed by atoms with van der Waals surface area (Å²) in [7, 11) is 3.13. The lowest BCUT2D eigenvalue weighted by molar-refractivity contribution is 0.215. The number of aromatic nitrogens is 1. The molecule has 4 rings (SSSR count). The SMILES string of the molecule is COc1cc2nccc(Cc3ccc(NC(=O)Oc4ccccc4)cc3F)c2cc1OC. The summed E-state index contributed by atoms with van der Waals surface area (Å²) in [5.41, 5.74) is 2.40. The fourth-order valence-electron chi connectivity index (χ4n) is 3.40. The zero-order valence-corrected chi connectivity index (χ0v) is 17.6. The lowest BCUT2D eigenvalue weighted by Gasteiger charge is -2.12. The van der Waals surface area contributed by atoms with E-state index in [1.807, 2.05) is 18.2 Å². The highest BCUT2D eigenvalue weighted by Crippen LogP contribution is 2.33. The van der Waals surface area contributed by atoms with Gasteiger partial charge in [-0.25, -0.2) is 9.18 Å². The zero-order chi connectivity index (χ0) is 22.5. The first-order valence-corrected chi connectivity index (χ1v) is 9.89. The summed E-state index contributed by atoms with van der Waals surface area (Å²) in [5.74, 6) is 1.12. The van der Waals surface area contributed by atoms with E-state index in [1.165, 1.54) is 6.07 Å². The highest BCUT2D eigenvalue weighted by Gasteiger charge is 2.13. The molecule has 0 aliphatic carbocycles. The number of hydrogen-bond donors (Lipinski definition) is 1. The minimum atomic E-state index is -0.690. The molecule has 0 bridgehead atoms. The molecule has 7 heteroatoms. The van der Waals surface area contributed by atoms with Gasteiger partial charge in [-0.05, 0) is 47.5 Å². The monoisotopic (exact) mass is 432 g/mol. The van der Waals surface area contributed by atoms with Gasteiger partial charge < -0.3 is 14.2 Å². The lowest BCUT2D eigenvalue weighted by Crippen LogP contribution is -2.16. The average molecular weight is 432 g/mol. The zero-order valence-electron chi connectivity index (χ0n) is 17.6. The van der Waals surface area contributed by atoms with Crippen molar-refractivity contribution in [3.63, 3.8) is 0 Å². The Morgan fingerprint density at radius 1 is 0.938 bits per heavy atom. The molecule has 162 valence electrons. The standard InChI is InChI=1S/C25H21FN2O4/c1-30-23-14-20-16(10-11-27-22(20)15-24(23)31-2)12-17-8-9-18(13-21(17)26)28-25(29)32-19-6-4-3-5-7-19/h3-11,13-15H,12H2,1-2H3,(H,28,29). The molecule has 0 saturated carbocycles. The fourth-order valence-corrected chi connectivity index (χ4v) is 3.40. The van der Waals surface area contributed by atoms with Gasteiger partial charge in [0.05, 0.1) is 19.7 Å². The third-order valence-corrected chi connectivity index (χ3v) is 4.97. The Balaban J connectivity index is 1.54. The number of rotatable bonds is 6. The fraction of sp³-hybridized carbons (Fsp3) is 0.120. The van der Waals surface area contributed by atoms with Gasteiger partial charge in [0.2, 0.25) is 0 Å². The smallest absolute Gasteiger partial charge is 0.417 e. The number of nitrogens with one attached hydrogen (secondary N) is 1. The van der Waals surface area contributed by atoms with Crippen LogP contribution in [0.15, 0.2) is 72.9 Å². The van der Waals surface area contributed by atoms with Gasteiger partial charge >= 0.3 is 6.09 Å². The van der Waals surface area contributed by atoms with Gasteiger partial charge in [0.15, 0.2) is 11.5 Å². The summed E-state index contributed by atoms with van der Waals surface area (Å²) < 4.78 is 30.7. The molecule has 6 nitrogen and oxygen atoms in total. The number of nitrogens with zero attached hydrogens (tertiary/aromatic N) is 1. The van der Waals surface area contributed by atoms with Gasteiger partial charge in [-0.2, -0.15) is 0 Å². The maximum Gasteiger partial charge on any atom is 0.417 e. The molecule has 0 spiro atoms. The molecular weight excluding hydrogens is 411 g/mol. The van der Waals surface area contributed by atoms with Crippen molar-refractivity contribution < 1.29 is 23.4 Å². The van der Waals surface area contributed by atoms with Gasteiger partial charge in [-0.3, -0.25) is 10.3 Å². The van der Waals surface area contributed by atoms with Crippen LogP contribution in [0.3, 0.4) is 0 Å². The molecule has 0 fully saturated rings. The molecule has 3 aromatic carbocycles. The predicted octanol–water partition coefficient (Wildman–Crippen LogP) is 5.59. The number of pyridine rings is 1. The summed E-state index contributed by atoms with van der Waals surface area (Å²) in [6.07, 6.45) is 1.33. The summed E-state index contributed by atoms with van der Waals surface area (Å²) in [5, 5.41) is 3.38. The van der Waals surface area contributed by atoms with Crippen LogP contribution in [-0.4, -0.2) is 25.3 Å². The number of fused-ring (bicyclic) bond motifs is 1. The molecule has 1 amide bonds. The van der Waals surface area contributed by atoms with Crippen LogP contribution in [0.2, 0.25) is 0 Å². The van der Waals surface area contributed by atoms with Gasteiger partial charge in [0.25, 0.3) is 0 Å². The molecule has 1 aromatic heterocycles. The van der Waals surface area contributed by atoms with E-state index in [2.05, 4.69) is 10.3 Å². The minimum absolute atomic E-state index is 0.304. The van der Waals surface area contributed by atoms with Crippen molar-refractivity contribution in [3.05, 3.63) is 89.9 Å². The summed E-state index contributed by atoms with van der Waals surface area (Å²) in [6.45, 7) is 0. The molecule has 32 heavy (non-hydrogen) atoms. The maximum atomic E-state index is 14.8. The topological polar surface area (TPSA) is 69.7 Å². The first-order valence-electron chi connectivity index (χ1n) is 9.89. The molecule has 0 saturated heterocycles. The van der Waals surface area contributed by atoms with Crippen LogP contribution in [-0.2, 0) is 6.42 Å². The van der Waals surface area contributed by atoms with E-state index in [0.29, 0.717) is 34.9 Å². The molecular formula is C25H21FN2O4. The highest BCUT2D eigenvalue weighted by molar-refractivity contribution is 5.87. The number of methoxy groups -OCH3 is 2. The molecule has 4 aromatic rings. The van der Waals surface area contributed by atoms with Crippen LogP contribution < -0.4 is 19.5 Å². The summed E-state index contributed by atoms with van der Waals surface area (Å²) >= 11 is 0. The third-order valence-electron chi connectivity index (χ3n) is 4.97. The van der Waals surface area contributed by atoms with Crippen molar-refractivity contribution in [1.29, 1.82) is 0 Å². The molecule has 1 heterocycles. The average Bonchev–Trinajstić information content (AvgIpc) is 2.80. The number of halogens is 1. The van der Waals surface area contributed by atoms with Crippen molar-refractivity contribution >= 4 is 22.7 Å². The second-order valence-electron chi connectivity index (χ2n) is 7.00. The Morgan fingerprint density at radius 3 is 2.41 bits per heavy atom. The lowest BCUT2D eigenvalue weighted by atomic mass is 10.00. The molecule has 0 unspecified atom stereocenters. The Hall–Kier alpha value is -4.13. The van der Waals surface area contributed by atoms with E-state index in [1.54, 1.807) is 62.9 Å². The van der Waals surface area contributed by atoms with Crippen molar-refractivity contribution in [2.75, 3.05) is 19.5 Å². The second-order valence-corrected chi connectivity index (χ2v) is 7.00. The number of ether oxygens (including phenoxy) is 3. The maximum absolute atomic E-state index is 14.8. The van der Waals surface area contributed by atoms with Gasteiger partial charge in [-0.15, -0.1) is 0 Å². The van der Waals surface area contributed by atoms with E-state index in [-0.39, 0.29) is 0 Å². The Labute approximate surface area is 184 Å². The number of benzene rings is 3. The quantitative estimate of drug-likeness (QED) is 0.430. The normalized spacial score (nSPS) is 10.6. The molecule has 0 aliphatic rings. The van der Waals surface area contributed by atoms with E-state index in [0.717, 1.165) is 16.5 Å². The number of para-hydroxylation sites is 1. The Bertz CT molecular complexity index is 1260. The van der Waals surface area contributed by atoms with Gasteiger partial charge in [-0.1, -0.05) is 24.3 Å². The van der Waals surface area contributed by atoms with Crippen molar-refractivity contribution in [1.82, 2.24) is 4.98 Å². The van der Waals surface area contributed by atoms with Crippen molar-refractivity contribution in [3.8, 4) is 17.2 Å². The van der Waals surface area contributed by atoms with Crippen LogP contribution in [0.4, 0.5) is 14.9 Å². The van der Waals surface area contributed by atoms with E-state index in [4.69, 9.17) is 14.2 Å². The van der Waals surface area contributed by atoms with Crippen LogP contribution in [0, 0.1) is 5.82 Å². The third kappa shape index (κ3) is 4.62. The van der Waals surface area contributed by atoms with E-state index < -0.39 is 11.9 Å². The predicted molar refractivity (Wildman–Crippen MR) is 120 cm³/mol.